The summed E-state index contributed by atoms with van der Waals surface area (Å²) < 4.78 is 6.30. The van der Waals surface area contributed by atoms with Crippen LogP contribution in [0.1, 0.15) is 49.5 Å². The predicted molar refractivity (Wildman–Crippen MR) is 83.0 cm³/mol. The maximum atomic E-state index is 12.1. The number of aromatic nitrogens is 2. The Hall–Kier alpha value is -1.49. The topological polar surface area (TPSA) is 56.0 Å². The molecule has 1 fully saturated rings. The van der Waals surface area contributed by atoms with E-state index in [9.17, 15) is 4.79 Å². The fourth-order valence-corrected chi connectivity index (χ4v) is 3.38. The molecule has 1 aliphatic carbocycles. The van der Waals surface area contributed by atoms with Gasteiger partial charge in [-0.15, -0.1) is 0 Å². The summed E-state index contributed by atoms with van der Waals surface area (Å²) in [6, 6.07) is 5.98. The summed E-state index contributed by atoms with van der Waals surface area (Å²) >= 11 is 3.52. The number of rotatable bonds is 2. The summed E-state index contributed by atoms with van der Waals surface area (Å²) in [5.41, 5.74) is 2.05. The van der Waals surface area contributed by atoms with Crippen molar-refractivity contribution in [3.05, 3.63) is 34.1 Å². The average molecular weight is 349 g/mol. The van der Waals surface area contributed by atoms with Gasteiger partial charge in [0.2, 0.25) is 11.7 Å². The van der Waals surface area contributed by atoms with E-state index in [0.29, 0.717) is 18.1 Å². The Balaban J connectivity index is 1.90. The van der Waals surface area contributed by atoms with Crippen molar-refractivity contribution in [3.63, 3.8) is 0 Å². The molecule has 1 aromatic carbocycles. The quantitative estimate of drug-likeness (QED) is 0.753. The Morgan fingerprint density at radius 1 is 1.29 bits per heavy atom. The highest BCUT2D eigenvalue weighted by Crippen LogP contribution is 2.31. The SMILES string of the molecule is Cc1ccc(-c2noc(C3CCCCCC3=O)n2)c(Br)c1. The van der Waals surface area contributed by atoms with Crippen LogP contribution in [0.5, 0.6) is 0 Å². The lowest BCUT2D eigenvalue weighted by Crippen LogP contribution is -2.10. The lowest BCUT2D eigenvalue weighted by atomic mass is 9.99. The van der Waals surface area contributed by atoms with E-state index in [2.05, 4.69) is 26.1 Å². The van der Waals surface area contributed by atoms with Crippen LogP contribution in [0, 0.1) is 6.92 Å². The molecule has 1 saturated carbocycles. The number of hydrogen-bond donors (Lipinski definition) is 0. The lowest BCUT2D eigenvalue weighted by Gasteiger charge is -2.06. The maximum absolute atomic E-state index is 12.1. The molecule has 0 spiro atoms. The van der Waals surface area contributed by atoms with Gasteiger partial charge >= 0.3 is 0 Å². The van der Waals surface area contributed by atoms with Crippen LogP contribution in [0.15, 0.2) is 27.2 Å². The third-order valence-corrected chi connectivity index (χ3v) is 4.57. The van der Waals surface area contributed by atoms with Crippen LogP contribution in [0.3, 0.4) is 0 Å². The Kier molecular flexibility index (Phi) is 4.19. The molecule has 1 aliphatic rings. The van der Waals surface area contributed by atoms with Gasteiger partial charge in [-0.3, -0.25) is 4.79 Å². The number of aryl methyl sites for hydroxylation is 1. The highest BCUT2D eigenvalue weighted by Gasteiger charge is 2.28. The molecule has 21 heavy (non-hydrogen) atoms. The molecule has 0 N–H and O–H groups in total. The molecule has 0 saturated heterocycles. The van der Waals surface area contributed by atoms with Gasteiger partial charge in [-0.05, 0) is 37.5 Å². The molecule has 1 atom stereocenters. The normalized spacial score (nSPS) is 19.5. The molecule has 1 unspecified atom stereocenters. The molecule has 3 rings (SSSR count). The minimum Gasteiger partial charge on any atom is -0.338 e. The summed E-state index contributed by atoms with van der Waals surface area (Å²) in [6.07, 6.45) is 4.56. The first-order valence-corrected chi connectivity index (χ1v) is 8.07. The van der Waals surface area contributed by atoms with Crippen LogP contribution in [-0.4, -0.2) is 15.9 Å². The van der Waals surface area contributed by atoms with Gasteiger partial charge in [0.15, 0.2) is 0 Å². The van der Waals surface area contributed by atoms with E-state index >= 15 is 0 Å². The number of carbonyl (C=O) groups is 1. The molecule has 5 heteroatoms. The summed E-state index contributed by atoms with van der Waals surface area (Å²) in [7, 11) is 0. The first-order valence-electron chi connectivity index (χ1n) is 7.28. The summed E-state index contributed by atoms with van der Waals surface area (Å²) in [4.78, 5) is 16.6. The zero-order valence-electron chi connectivity index (χ0n) is 11.9. The largest absolute Gasteiger partial charge is 0.338 e. The van der Waals surface area contributed by atoms with Crippen molar-refractivity contribution in [1.82, 2.24) is 10.1 Å². The van der Waals surface area contributed by atoms with Crippen LogP contribution in [0.25, 0.3) is 11.4 Å². The maximum Gasteiger partial charge on any atom is 0.237 e. The third-order valence-electron chi connectivity index (χ3n) is 3.91. The highest BCUT2D eigenvalue weighted by atomic mass is 79.9. The first-order chi connectivity index (χ1) is 10.1. The predicted octanol–water partition coefficient (Wildman–Crippen LogP) is 4.42. The van der Waals surface area contributed by atoms with Gasteiger partial charge in [0.25, 0.3) is 0 Å². The highest BCUT2D eigenvalue weighted by molar-refractivity contribution is 9.10. The summed E-state index contributed by atoms with van der Waals surface area (Å²) in [5.74, 6) is 1.00. The van der Waals surface area contributed by atoms with Crippen LogP contribution >= 0.6 is 15.9 Å². The molecule has 0 amide bonds. The molecule has 0 radical (unpaired) electrons. The molecule has 110 valence electrons. The van der Waals surface area contributed by atoms with E-state index in [-0.39, 0.29) is 11.7 Å². The van der Waals surface area contributed by atoms with Crippen molar-refractivity contribution in [2.24, 2.45) is 0 Å². The van der Waals surface area contributed by atoms with Gasteiger partial charge < -0.3 is 4.52 Å². The zero-order valence-corrected chi connectivity index (χ0v) is 13.5. The Bertz CT molecular complexity index is 666. The monoisotopic (exact) mass is 348 g/mol. The van der Waals surface area contributed by atoms with Crippen LogP contribution in [0.2, 0.25) is 0 Å². The number of hydrogen-bond acceptors (Lipinski definition) is 4. The minimum atomic E-state index is -0.224. The second-order valence-corrected chi connectivity index (χ2v) is 6.41. The molecule has 1 heterocycles. The van der Waals surface area contributed by atoms with Crippen molar-refractivity contribution >= 4 is 21.7 Å². The van der Waals surface area contributed by atoms with Gasteiger partial charge in [0, 0.05) is 16.5 Å². The number of Topliss-reactive ketones (excluding diaryl/α,β-unsaturated/α-hetero) is 1. The van der Waals surface area contributed by atoms with Crippen LogP contribution in [-0.2, 0) is 4.79 Å². The summed E-state index contributed by atoms with van der Waals surface area (Å²) in [6.45, 7) is 2.03. The van der Waals surface area contributed by atoms with E-state index in [0.717, 1.165) is 41.3 Å². The van der Waals surface area contributed by atoms with Gasteiger partial charge in [-0.25, -0.2) is 0 Å². The van der Waals surface area contributed by atoms with E-state index in [1.807, 2.05) is 25.1 Å². The number of benzene rings is 1. The van der Waals surface area contributed by atoms with Crippen molar-refractivity contribution < 1.29 is 9.32 Å². The zero-order chi connectivity index (χ0) is 14.8. The summed E-state index contributed by atoms with van der Waals surface area (Å²) in [5, 5.41) is 4.05. The van der Waals surface area contributed by atoms with Gasteiger partial charge in [0.1, 0.15) is 5.78 Å². The molecular formula is C16H17BrN2O2. The van der Waals surface area contributed by atoms with Gasteiger partial charge in [-0.1, -0.05) is 40.0 Å². The van der Waals surface area contributed by atoms with Gasteiger partial charge in [0.05, 0.1) is 5.92 Å². The lowest BCUT2D eigenvalue weighted by molar-refractivity contribution is -0.120. The van der Waals surface area contributed by atoms with E-state index in [1.165, 1.54) is 0 Å². The van der Waals surface area contributed by atoms with Gasteiger partial charge in [-0.2, -0.15) is 4.98 Å². The number of halogens is 1. The molecule has 0 bridgehead atoms. The van der Waals surface area contributed by atoms with Crippen LogP contribution < -0.4 is 0 Å². The standard InChI is InChI=1S/C16H17BrN2O2/c1-10-7-8-11(13(17)9-10)15-18-16(21-19-15)12-5-3-2-4-6-14(12)20/h7-9,12H,2-6H2,1H3. The van der Waals surface area contributed by atoms with E-state index in [4.69, 9.17) is 4.52 Å². The first kappa shape index (κ1) is 14.4. The molecule has 1 aromatic heterocycles. The Morgan fingerprint density at radius 2 is 2.14 bits per heavy atom. The Morgan fingerprint density at radius 3 is 2.95 bits per heavy atom. The van der Waals surface area contributed by atoms with Crippen molar-refractivity contribution in [3.8, 4) is 11.4 Å². The van der Waals surface area contributed by atoms with Crippen LogP contribution in [0.4, 0.5) is 0 Å². The fraction of sp³-hybridized carbons (Fsp3) is 0.438. The van der Waals surface area contributed by atoms with E-state index in [1.54, 1.807) is 0 Å². The van der Waals surface area contributed by atoms with Crippen molar-refractivity contribution in [1.29, 1.82) is 0 Å². The molecule has 0 aliphatic heterocycles. The van der Waals surface area contributed by atoms with Crippen molar-refractivity contribution in [2.45, 2.75) is 44.9 Å². The second kappa shape index (κ2) is 6.10. The molecule has 2 aromatic rings. The number of ketones is 1. The molecular weight excluding hydrogens is 332 g/mol. The number of carbonyl (C=O) groups excluding carboxylic acids is 1. The minimum absolute atomic E-state index is 0.224. The third kappa shape index (κ3) is 3.07. The van der Waals surface area contributed by atoms with Crippen molar-refractivity contribution in [2.75, 3.05) is 0 Å². The fourth-order valence-electron chi connectivity index (χ4n) is 2.71. The Labute approximate surface area is 132 Å². The average Bonchev–Trinajstić information content (AvgIpc) is 2.82. The second-order valence-electron chi connectivity index (χ2n) is 5.56. The number of nitrogens with zero attached hydrogens (tertiary/aromatic N) is 2. The van der Waals surface area contributed by atoms with E-state index < -0.39 is 0 Å². The smallest absolute Gasteiger partial charge is 0.237 e. The molecule has 4 nitrogen and oxygen atoms in total.